The quantitative estimate of drug-likeness (QED) is 0.765. The van der Waals surface area contributed by atoms with Crippen LogP contribution in [0.2, 0.25) is 0 Å². The second-order valence-corrected chi connectivity index (χ2v) is 7.85. The van der Waals surface area contributed by atoms with Crippen molar-refractivity contribution in [3.63, 3.8) is 0 Å². The zero-order valence-corrected chi connectivity index (χ0v) is 15.9. The molecule has 0 spiro atoms. The van der Waals surface area contributed by atoms with Crippen molar-refractivity contribution in [3.8, 4) is 0 Å². The highest BCUT2D eigenvalue weighted by atomic mass is 32.1. The Morgan fingerprint density at radius 1 is 1.19 bits per heavy atom. The predicted octanol–water partition coefficient (Wildman–Crippen LogP) is 2.65. The van der Waals surface area contributed by atoms with Gasteiger partial charge in [-0.2, -0.15) is 0 Å². The van der Waals surface area contributed by atoms with E-state index in [2.05, 4.69) is 33.0 Å². The van der Waals surface area contributed by atoms with Crippen molar-refractivity contribution in [2.45, 2.75) is 19.4 Å². The van der Waals surface area contributed by atoms with Crippen molar-refractivity contribution in [3.05, 3.63) is 58.0 Å². The number of hydrogen-bond acceptors (Lipinski definition) is 4. The Labute approximate surface area is 162 Å². The molecule has 1 aromatic carbocycles. The van der Waals surface area contributed by atoms with Gasteiger partial charge >= 0.3 is 0 Å². The van der Waals surface area contributed by atoms with Crippen LogP contribution in [0.15, 0.2) is 41.8 Å². The number of likely N-dealkylation sites (tertiary alicyclic amines) is 1. The van der Waals surface area contributed by atoms with Crippen molar-refractivity contribution in [1.82, 2.24) is 15.5 Å². The first-order valence-corrected chi connectivity index (χ1v) is 10.0. The minimum Gasteiger partial charge on any atom is -0.354 e. The summed E-state index contributed by atoms with van der Waals surface area (Å²) in [6.07, 6.45) is 2.23. The van der Waals surface area contributed by atoms with Crippen LogP contribution < -0.4 is 10.6 Å². The lowest BCUT2D eigenvalue weighted by molar-refractivity contribution is -0.120. The predicted molar refractivity (Wildman–Crippen MR) is 104 cm³/mol. The van der Waals surface area contributed by atoms with E-state index in [-0.39, 0.29) is 18.4 Å². The number of benzene rings is 1. The van der Waals surface area contributed by atoms with E-state index >= 15 is 0 Å². The summed E-state index contributed by atoms with van der Waals surface area (Å²) in [5.74, 6) is -0.564. The normalized spacial score (nSPS) is 17.4. The molecule has 2 heterocycles. The minimum absolute atomic E-state index is 0.0815. The maximum atomic E-state index is 12.9. The molecule has 27 heavy (non-hydrogen) atoms. The van der Waals surface area contributed by atoms with Crippen LogP contribution in [-0.4, -0.2) is 42.9 Å². The topological polar surface area (TPSA) is 61.4 Å². The van der Waals surface area contributed by atoms with Crippen molar-refractivity contribution in [2.24, 2.45) is 5.92 Å². The Hall–Kier alpha value is -2.25. The number of rotatable bonds is 7. The molecule has 2 N–H and O–H groups in total. The Balaban J connectivity index is 1.37. The monoisotopic (exact) mass is 389 g/mol. The van der Waals surface area contributed by atoms with Crippen molar-refractivity contribution in [2.75, 3.05) is 26.2 Å². The van der Waals surface area contributed by atoms with Gasteiger partial charge in [-0.25, -0.2) is 4.39 Å². The maximum absolute atomic E-state index is 12.9. The summed E-state index contributed by atoms with van der Waals surface area (Å²) in [4.78, 5) is 27.8. The van der Waals surface area contributed by atoms with Crippen LogP contribution >= 0.6 is 11.3 Å². The summed E-state index contributed by atoms with van der Waals surface area (Å²) in [6, 6.07) is 9.46. The number of carbonyl (C=O) groups is 2. The summed E-state index contributed by atoms with van der Waals surface area (Å²) >= 11 is 1.77. The van der Waals surface area contributed by atoms with E-state index in [0.29, 0.717) is 18.0 Å². The fraction of sp³-hybridized carbons (Fsp3) is 0.400. The number of carbonyl (C=O) groups excluding carboxylic acids is 2. The van der Waals surface area contributed by atoms with Gasteiger partial charge < -0.3 is 10.6 Å². The van der Waals surface area contributed by atoms with Gasteiger partial charge in [0.25, 0.3) is 5.91 Å². The van der Waals surface area contributed by atoms with Crippen molar-refractivity contribution in [1.29, 1.82) is 0 Å². The lowest BCUT2D eigenvalue weighted by Crippen LogP contribution is -2.43. The first-order valence-electron chi connectivity index (χ1n) is 9.15. The van der Waals surface area contributed by atoms with Crippen molar-refractivity contribution < 1.29 is 14.0 Å². The van der Waals surface area contributed by atoms with Crippen LogP contribution in [0.4, 0.5) is 4.39 Å². The number of thiophene rings is 1. The number of nitrogens with zero attached hydrogens (tertiary/aromatic N) is 1. The molecule has 0 bridgehead atoms. The second-order valence-electron chi connectivity index (χ2n) is 6.82. The smallest absolute Gasteiger partial charge is 0.251 e. The molecule has 1 atom stereocenters. The number of piperidine rings is 1. The molecule has 1 fully saturated rings. The molecule has 0 radical (unpaired) electrons. The lowest BCUT2D eigenvalue weighted by Gasteiger charge is -2.32. The Kier molecular flexibility index (Phi) is 6.95. The van der Waals surface area contributed by atoms with E-state index in [1.165, 1.54) is 29.1 Å². The van der Waals surface area contributed by atoms with Gasteiger partial charge in [-0.1, -0.05) is 6.07 Å². The van der Waals surface area contributed by atoms with E-state index in [4.69, 9.17) is 0 Å². The molecular formula is C20H24FN3O2S. The van der Waals surface area contributed by atoms with Gasteiger partial charge in [0.1, 0.15) is 5.82 Å². The van der Waals surface area contributed by atoms with Crippen LogP contribution in [0.5, 0.6) is 0 Å². The first kappa shape index (κ1) is 19.5. The van der Waals surface area contributed by atoms with Crippen LogP contribution in [0.1, 0.15) is 28.1 Å². The number of hydrogen-bond donors (Lipinski definition) is 2. The van der Waals surface area contributed by atoms with Gasteiger partial charge in [0.2, 0.25) is 5.91 Å². The first-order chi connectivity index (χ1) is 13.1. The highest BCUT2D eigenvalue weighted by Crippen LogP contribution is 2.19. The fourth-order valence-corrected chi connectivity index (χ4v) is 4.02. The van der Waals surface area contributed by atoms with Crippen LogP contribution in [-0.2, 0) is 11.3 Å². The molecule has 2 amide bonds. The molecule has 1 aromatic heterocycles. The molecule has 0 saturated carbocycles. The number of amides is 2. The Bertz CT molecular complexity index is 749. The third-order valence-corrected chi connectivity index (χ3v) is 5.53. The second kappa shape index (κ2) is 9.62. The van der Waals surface area contributed by atoms with E-state index < -0.39 is 5.82 Å². The van der Waals surface area contributed by atoms with Gasteiger partial charge in [-0.05, 0) is 61.0 Å². The van der Waals surface area contributed by atoms with Crippen LogP contribution in [0.3, 0.4) is 0 Å². The van der Waals surface area contributed by atoms with E-state index in [1.807, 2.05) is 0 Å². The molecule has 0 aliphatic carbocycles. The standard InChI is InChI=1S/C20H24FN3O2S/c21-17-7-5-16(6-8-17)20(26)23-12-19(25)22-11-15-3-1-9-24(13-15)14-18-4-2-10-27-18/h2,4-8,10,15H,1,3,9,11-14H2,(H,22,25)(H,23,26). The molecule has 1 aliphatic rings. The average Bonchev–Trinajstić information content (AvgIpc) is 3.18. The van der Waals surface area contributed by atoms with E-state index in [9.17, 15) is 14.0 Å². The molecular weight excluding hydrogens is 365 g/mol. The third-order valence-electron chi connectivity index (χ3n) is 4.67. The van der Waals surface area contributed by atoms with E-state index in [1.54, 1.807) is 11.3 Å². The summed E-state index contributed by atoms with van der Waals surface area (Å²) in [7, 11) is 0. The lowest BCUT2D eigenvalue weighted by atomic mass is 9.98. The molecule has 7 heteroatoms. The molecule has 1 saturated heterocycles. The van der Waals surface area contributed by atoms with Gasteiger partial charge in [-0.3, -0.25) is 14.5 Å². The summed E-state index contributed by atoms with van der Waals surface area (Å²) < 4.78 is 12.9. The number of halogens is 1. The van der Waals surface area contributed by atoms with Gasteiger partial charge in [-0.15, -0.1) is 11.3 Å². The van der Waals surface area contributed by atoms with Gasteiger partial charge in [0.05, 0.1) is 6.54 Å². The maximum Gasteiger partial charge on any atom is 0.251 e. The highest BCUT2D eigenvalue weighted by Gasteiger charge is 2.20. The Morgan fingerprint density at radius 2 is 2.00 bits per heavy atom. The summed E-state index contributed by atoms with van der Waals surface area (Å²) in [5, 5.41) is 7.57. The van der Waals surface area contributed by atoms with Gasteiger partial charge in [0, 0.05) is 30.1 Å². The summed E-state index contributed by atoms with van der Waals surface area (Å²) in [6.45, 7) is 3.57. The molecule has 144 valence electrons. The number of nitrogens with one attached hydrogen (secondary N) is 2. The van der Waals surface area contributed by atoms with Crippen molar-refractivity contribution >= 4 is 23.2 Å². The highest BCUT2D eigenvalue weighted by molar-refractivity contribution is 7.09. The molecule has 3 rings (SSSR count). The fourth-order valence-electron chi connectivity index (χ4n) is 3.27. The minimum atomic E-state index is -0.398. The van der Waals surface area contributed by atoms with Crippen LogP contribution in [0, 0.1) is 11.7 Å². The SMILES string of the molecule is O=C(CNC(=O)c1ccc(F)cc1)NCC1CCCN(Cc2cccs2)C1. The largest absolute Gasteiger partial charge is 0.354 e. The zero-order chi connectivity index (χ0) is 19.1. The molecule has 2 aromatic rings. The molecule has 5 nitrogen and oxygen atoms in total. The van der Waals surface area contributed by atoms with Gasteiger partial charge in [0.15, 0.2) is 0 Å². The average molecular weight is 389 g/mol. The molecule has 1 unspecified atom stereocenters. The third kappa shape index (κ3) is 6.15. The zero-order valence-electron chi connectivity index (χ0n) is 15.1. The summed E-state index contributed by atoms with van der Waals surface area (Å²) in [5.41, 5.74) is 0.334. The van der Waals surface area contributed by atoms with E-state index in [0.717, 1.165) is 32.5 Å². The Morgan fingerprint density at radius 3 is 2.74 bits per heavy atom. The van der Waals surface area contributed by atoms with Crippen LogP contribution in [0.25, 0.3) is 0 Å². The molecule has 1 aliphatic heterocycles.